The number of anilines is 1. The van der Waals surface area contributed by atoms with Crippen LogP contribution in [0.5, 0.6) is 0 Å². The van der Waals surface area contributed by atoms with E-state index in [9.17, 15) is 0 Å². The summed E-state index contributed by atoms with van der Waals surface area (Å²) in [6.07, 6.45) is 4.97. The highest BCUT2D eigenvalue weighted by Gasteiger charge is 2.05. The van der Waals surface area contributed by atoms with Gasteiger partial charge < -0.3 is 5.73 Å². The Balaban J connectivity index is 2.23. The molecule has 0 aliphatic heterocycles. The Morgan fingerprint density at radius 1 is 1.43 bits per heavy atom. The van der Waals surface area contributed by atoms with Gasteiger partial charge in [-0.2, -0.15) is 0 Å². The molecule has 0 aliphatic rings. The van der Waals surface area contributed by atoms with Gasteiger partial charge in [0.25, 0.3) is 0 Å². The van der Waals surface area contributed by atoms with Crippen molar-refractivity contribution in [3.8, 4) is 0 Å². The number of hydrogen-bond acceptors (Lipinski definition) is 5. The fourth-order valence-electron chi connectivity index (χ4n) is 1.09. The molecule has 2 heterocycles. The molecule has 2 aromatic rings. The molecule has 6 heteroatoms. The molecule has 0 bridgehead atoms. The highest BCUT2D eigenvalue weighted by atomic mass is 15.4. The van der Waals surface area contributed by atoms with E-state index in [1.54, 1.807) is 23.3 Å². The molecule has 0 amide bonds. The van der Waals surface area contributed by atoms with E-state index >= 15 is 0 Å². The molecule has 2 rings (SSSR count). The van der Waals surface area contributed by atoms with Crippen molar-refractivity contribution in [2.45, 2.75) is 13.5 Å². The minimum atomic E-state index is 0.453. The summed E-state index contributed by atoms with van der Waals surface area (Å²) < 4.78 is 1.69. The van der Waals surface area contributed by atoms with Crippen molar-refractivity contribution in [1.29, 1.82) is 0 Å². The SMILES string of the molecule is Cc1c(N)nnn1Cc1cnccn1. The Kier molecular flexibility index (Phi) is 2.10. The first-order valence-electron chi connectivity index (χ1n) is 4.18. The Labute approximate surface area is 80.8 Å². The molecule has 2 N–H and O–H groups in total. The van der Waals surface area contributed by atoms with Gasteiger partial charge in [0.2, 0.25) is 0 Å². The van der Waals surface area contributed by atoms with Gasteiger partial charge in [-0.25, -0.2) is 4.68 Å². The van der Waals surface area contributed by atoms with Gasteiger partial charge in [0.15, 0.2) is 5.82 Å². The summed E-state index contributed by atoms with van der Waals surface area (Å²) >= 11 is 0. The predicted molar refractivity (Wildman–Crippen MR) is 50.3 cm³/mol. The Morgan fingerprint density at radius 2 is 2.29 bits per heavy atom. The van der Waals surface area contributed by atoms with Gasteiger partial charge in [0, 0.05) is 12.4 Å². The third-order valence-corrected chi connectivity index (χ3v) is 1.95. The second-order valence-corrected chi connectivity index (χ2v) is 2.91. The van der Waals surface area contributed by atoms with Crippen molar-refractivity contribution in [3.05, 3.63) is 30.0 Å². The Morgan fingerprint density at radius 3 is 2.86 bits per heavy atom. The largest absolute Gasteiger partial charge is 0.381 e. The van der Waals surface area contributed by atoms with E-state index < -0.39 is 0 Å². The maximum Gasteiger partial charge on any atom is 0.168 e. The smallest absolute Gasteiger partial charge is 0.168 e. The van der Waals surface area contributed by atoms with E-state index in [0.29, 0.717) is 12.4 Å². The molecule has 2 aromatic heterocycles. The van der Waals surface area contributed by atoms with Crippen molar-refractivity contribution in [2.75, 3.05) is 5.73 Å². The van der Waals surface area contributed by atoms with Crippen LogP contribution in [0.2, 0.25) is 0 Å². The second kappa shape index (κ2) is 3.41. The van der Waals surface area contributed by atoms with Gasteiger partial charge in [0.1, 0.15) is 0 Å². The third kappa shape index (κ3) is 1.54. The Hall–Kier alpha value is -1.98. The van der Waals surface area contributed by atoms with E-state index in [1.165, 1.54) is 0 Å². The molecule has 0 radical (unpaired) electrons. The van der Waals surface area contributed by atoms with Crippen LogP contribution >= 0.6 is 0 Å². The van der Waals surface area contributed by atoms with Crippen molar-refractivity contribution in [1.82, 2.24) is 25.0 Å². The summed E-state index contributed by atoms with van der Waals surface area (Å²) in [7, 11) is 0. The quantitative estimate of drug-likeness (QED) is 0.721. The fraction of sp³-hybridized carbons (Fsp3) is 0.250. The number of nitrogens with two attached hydrogens (primary N) is 1. The zero-order valence-electron chi connectivity index (χ0n) is 7.75. The van der Waals surface area contributed by atoms with Crippen molar-refractivity contribution < 1.29 is 0 Å². The number of nitrogen functional groups attached to an aromatic ring is 1. The van der Waals surface area contributed by atoms with E-state index in [0.717, 1.165) is 11.4 Å². The van der Waals surface area contributed by atoms with Gasteiger partial charge in [-0.15, -0.1) is 5.10 Å². The number of nitrogens with zero attached hydrogens (tertiary/aromatic N) is 5. The first-order valence-corrected chi connectivity index (χ1v) is 4.18. The van der Waals surface area contributed by atoms with E-state index in [4.69, 9.17) is 5.73 Å². The summed E-state index contributed by atoms with van der Waals surface area (Å²) in [4.78, 5) is 8.09. The normalized spacial score (nSPS) is 10.4. The lowest BCUT2D eigenvalue weighted by atomic mass is 10.4. The maximum atomic E-state index is 5.56. The molecule has 0 unspecified atom stereocenters. The summed E-state index contributed by atoms with van der Waals surface area (Å²) in [5.74, 6) is 0.453. The fourth-order valence-corrected chi connectivity index (χ4v) is 1.09. The monoisotopic (exact) mass is 190 g/mol. The van der Waals surface area contributed by atoms with Gasteiger partial charge in [0.05, 0.1) is 24.1 Å². The second-order valence-electron chi connectivity index (χ2n) is 2.91. The molecular weight excluding hydrogens is 180 g/mol. The standard InChI is InChI=1S/C8H10N6/c1-6-8(9)12-13-14(6)5-7-4-10-2-3-11-7/h2-4H,5,9H2,1H3. The summed E-state index contributed by atoms with van der Waals surface area (Å²) in [6.45, 7) is 2.41. The molecule has 0 saturated heterocycles. The molecule has 14 heavy (non-hydrogen) atoms. The minimum Gasteiger partial charge on any atom is -0.381 e. The van der Waals surface area contributed by atoms with Crippen LogP contribution < -0.4 is 5.73 Å². The zero-order valence-corrected chi connectivity index (χ0v) is 7.75. The topological polar surface area (TPSA) is 82.5 Å². The first kappa shape index (κ1) is 8.61. The molecule has 72 valence electrons. The van der Waals surface area contributed by atoms with Gasteiger partial charge in [-0.05, 0) is 6.92 Å². The summed E-state index contributed by atoms with van der Waals surface area (Å²) in [5.41, 5.74) is 7.24. The number of aromatic nitrogens is 5. The minimum absolute atomic E-state index is 0.453. The summed E-state index contributed by atoms with van der Waals surface area (Å²) in [5, 5.41) is 7.64. The lowest BCUT2D eigenvalue weighted by Crippen LogP contribution is -2.06. The van der Waals surface area contributed by atoms with Crippen LogP contribution in [0.3, 0.4) is 0 Å². The van der Waals surface area contributed by atoms with Crippen LogP contribution in [0, 0.1) is 6.92 Å². The summed E-state index contributed by atoms with van der Waals surface area (Å²) in [6, 6.07) is 0. The highest BCUT2D eigenvalue weighted by Crippen LogP contribution is 2.06. The molecule has 6 nitrogen and oxygen atoms in total. The van der Waals surface area contributed by atoms with Crippen LogP contribution in [0.15, 0.2) is 18.6 Å². The van der Waals surface area contributed by atoms with E-state index in [1.807, 2.05) is 6.92 Å². The van der Waals surface area contributed by atoms with Crippen LogP contribution in [0.1, 0.15) is 11.4 Å². The average molecular weight is 190 g/mol. The number of hydrogen-bond donors (Lipinski definition) is 1. The molecule has 0 fully saturated rings. The highest BCUT2D eigenvalue weighted by molar-refractivity contribution is 5.31. The molecule has 0 aliphatic carbocycles. The van der Waals surface area contributed by atoms with Crippen LogP contribution in [0.4, 0.5) is 5.82 Å². The molecular formula is C8H10N6. The Bertz CT molecular complexity index is 421. The molecule has 0 aromatic carbocycles. The van der Waals surface area contributed by atoms with Gasteiger partial charge in [-0.1, -0.05) is 5.21 Å². The predicted octanol–water partition coefficient (Wildman–Crippen LogP) is 0.00702. The lowest BCUT2D eigenvalue weighted by Gasteiger charge is -2.01. The maximum absolute atomic E-state index is 5.56. The number of rotatable bonds is 2. The van der Waals surface area contributed by atoms with Crippen molar-refractivity contribution in [2.24, 2.45) is 0 Å². The first-order chi connectivity index (χ1) is 6.77. The molecule has 0 atom stereocenters. The van der Waals surface area contributed by atoms with Crippen molar-refractivity contribution >= 4 is 5.82 Å². The molecule has 0 saturated carbocycles. The zero-order chi connectivity index (χ0) is 9.97. The van der Waals surface area contributed by atoms with Crippen LogP contribution in [-0.2, 0) is 6.54 Å². The lowest BCUT2D eigenvalue weighted by molar-refractivity contribution is 0.621. The third-order valence-electron chi connectivity index (χ3n) is 1.95. The van der Waals surface area contributed by atoms with Gasteiger partial charge in [-0.3, -0.25) is 9.97 Å². The van der Waals surface area contributed by atoms with E-state index in [-0.39, 0.29) is 0 Å². The molecule has 0 spiro atoms. The van der Waals surface area contributed by atoms with Gasteiger partial charge >= 0.3 is 0 Å². The van der Waals surface area contributed by atoms with Crippen LogP contribution in [0.25, 0.3) is 0 Å². The van der Waals surface area contributed by atoms with Crippen molar-refractivity contribution in [3.63, 3.8) is 0 Å². The van der Waals surface area contributed by atoms with Crippen LogP contribution in [-0.4, -0.2) is 25.0 Å². The average Bonchev–Trinajstić information content (AvgIpc) is 2.52. The van der Waals surface area contributed by atoms with E-state index in [2.05, 4.69) is 20.3 Å².